The van der Waals surface area contributed by atoms with Crippen LogP contribution in [0, 0.1) is 0 Å². The molecule has 6 heteroatoms. The minimum absolute atomic E-state index is 0.0715. The van der Waals surface area contributed by atoms with Crippen molar-refractivity contribution < 1.29 is 4.79 Å². The van der Waals surface area contributed by atoms with Gasteiger partial charge in [0, 0.05) is 31.2 Å². The smallest absolute Gasteiger partial charge is 0.232 e. The van der Waals surface area contributed by atoms with Crippen LogP contribution in [-0.4, -0.2) is 33.8 Å². The van der Waals surface area contributed by atoms with Gasteiger partial charge in [0.2, 0.25) is 5.91 Å². The van der Waals surface area contributed by atoms with E-state index in [1.54, 1.807) is 12.4 Å². The average Bonchev–Trinajstić information content (AvgIpc) is 3.18. The lowest BCUT2D eigenvalue weighted by Gasteiger charge is -2.11. The maximum absolute atomic E-state index is 12.2. The molecular formula is C15H19N5O. The summed E-state index contributed by atoms with van der Waals surface area (Å²) >= 11 is 0. The van der Waals surface area contributed by atoms with Crippen LogP contribution in [0.5, 0.6) is 0 Å². The van der Waals surface area contributed by atoms with Gasteiger partial charge in [-0.15, -0.1) is 0 Å². The summed E-state index contributed by atoms with van der Waals surface area (Å²) in [4.78, 5) is 16.3. The Labute approximate surface area is 123 Å². The molecule has 2 aromatic heterocycles. The highest BCUT2D eigenvalue weighted by Gasteiger charge is 2.19. The van der Waals surface area contributed by atoms with E-state index < -0.39 is 0 Å². The van der Waals surface area contributed by atoms with Crippen molar-refractivity contribution in [3.8, 4) is 0 Å². The maximum atomic E-state index is 12.2. The molecule has 0 spiro atoms. The molecule has 2 atom stereocenters. The largest absolute Gasteiger partial charge is 0.315 e. The molecule has 0 bridgehead atoms. The lowest BCUT2D eigenvalue weighted by atomic mass is 10.0. The lowest BCUT2D eigenvalue weighted by molar-refractivity contribution is -0.117. The van der Waals surface area contributed by atoms with E-state index in [0.29, 0.717) is 11.9 Å². The van der Waals surface area contributed by atoms with Gasteiger partial charge in [-0.1, -0.05) is 6.07 Å². The first-order valence-corrected chi connectivity index (χ1v) is 7.20. The second kappa shape index (κ2) is 6.05. The summed E-state index contributed by atoms with van der Waals surface area (Å²) in [6, 6.07) is 5.96. The van der Waals surface area contributed by atoms with Gasteiger partial charge in [-0.3, -0.25) is 14.5 Å². The Balaban J connectivity index is 1.64. The standard InChI is InChI=1S/C15H19N5O/c1-11(12-3-2-6-16-9-12)15(21)18-14-5-8-20(19-14)13-4-7-17-10-13/h2-3,5-6,8-9,11,13,17H,4,7,10H2,1H3,(H,18,19,21)/t11-,13-/m0/s1. The SMILES string of the molecule is C[C@H](C(=O)Nc1ccn([C@H]2CCNC2)n1)c1cccnc1. The average molecular weight is 285 g/mol. The Kier molecular flexibility index (Phi) is 3.96. The van der Waals surface area contributed by atoms with Gasteiger partial charge in [0.15, 0.2) is 5.82 Å². The van der Waals surface area contributed by atoms with Gasteiger partial charge in [0.1, 0.15) is 0 Å². The molecule has 0 aliphatic carbocycles. The predicted octanol–water partition coefficient (Wildman–Crippen LogP) is 1.55. The summed E-state index contributed by atoms with van der Waals surface area (Å²) < 4.78 is 1.92. The van der Waals surface area contributed by atoms with Crippen molar-refractivity contribution >= 4 is 11.7 Å². The molecule has 0 radical (unpaired) electrons. The molecule has 6 nitrogen and oxygen atoms in total. The number of hydrogen-bond acceptors (Lipinski definition) is 4. The molecule has 3 rings (SSSR count). The highest BCUT2D eigenvalue weighted by Crippen LogP contribution is 2.18. The van der Waals surface area contributed by atoms with Crippen molar-refractivity contribution in [2.45, 2.75) is 25.3 Å². The van der Waals surface area contributed by atoms with Crippen LogP contribution in [0.3, 0.4) is 0 Å². The van der Waals surface area contributed by atoms with E-state index in [9.17, 15) is 4.79 Å². The van der Waals surface area contributed by atoms with Crippen molar-refractivity contribution in [1.29, 1.82) is 0 Å². The first-order valence-electron chi connectivity index (χ1n) is 7.20. The molecule has 21 heavy (non-hydrogen) atoms. The van der Waals surface area contributed by atoms with E-state index in [1.807, 2.05) is 36.0 Å². The van der Waals surface area contributed by atoms with E-state index in [2.05, 4.69) is 20.7 Å². The second-order valence-corrected chi connectivity index (χ2v) is 5.32. The molecule has 1 fully saturated rings. The minimum atomic E-state index is -0.253. The maximum Gasteiger partial charge on any atom is 0.232 e. The first kappa shape index (κ1) is 13.8. The first-order chi connectivity index (χ1) is 10.2. The summed E-state index contributed by atoms with van der Waals surface area (Å²) in [6.07, 6.45) is 6.40. The number of carbonyl (C=O) groups is 1. The van der Waals surface area contributed by atoms with Crippen LogP contribution in [-0.2, 0) is 4.79 Å². The molecule has 3 heterocycles. The Morgan fingerprint density at radius 1 is 1.52 bits per heavy atom. The molecule has 0 aromatic carbocycles. The third-order valence-corrected chi connectivity index (χ3v) is 3.85. The number of nitrogens with zero attached hydrogens (tertiary/aromatic N) is 3. The van der Waals surface area contributed by atoms with E-state index >= 15 is 0 Å². The molecule has 0 saturated carbocycles. The number of pyridine rings is 1. The zero-order valence-electron chi connectivity index (χ0n) is 12.0. The van der Waals surface area contributed by atoms with E-state index in [4.69, 9.17) is 0 Å². The molecule has 2 N–H and O–H groups in total. The number of rotatable bonds is 4. The number of aromatic nitrogens is 3. The molecule has 1 amide bonds. The Morgan fingerprint density at radius 2 is 2.43 bits per heavy atom. The molecule has 0 unspecified atom stereocenters. The number of anilines is 1. The highest BCUT2D eigenvalue weighted by atomic mass is 16.1. The van der Waals surface area contributed by atoms with Gasteiger partial charge in [0.05, 0.1) is 12.0 Å². The predicted molar refractivity (Wildman–Crippen MR) is 80.0 cm³/mol. The summed E-state index contributed by atoms with van der Waals surface area (Å²) in [6.45, 7) is 3.82. The van der Waals surface area contributed by atoms with Crippen LogP contribution in [0.2, 0.25) is 0 Å². The van der Waals surface area contributed by atoms with Crippen molar-refractivity contribution in [1.82, 2.24) is 20.1 Å². The van der Waals surface area contributed by atoms with Crippen LogP contribution < -0.4 is 10.6 Å². The number of nitrogens with one attached hydrogen (secondary N) is 2. The topological polar surface area (TPSA) is 71.8 Å². The summed E-state index contributed by atoms with van der Waals surface area (Å²) in [5, 5.41) is 10.6. The summed E-state index contributed by atoms with van der Waals surface area (Å²) in [5.74, 6) is 0.275. The molecule has 2 aromatic rings. The Hall–Kier alpha value is -2.21. The molecule has 1 aliphatic rings. The van der Waals surface area contributed by atoms with Gasteiger partial charge in [-0.2, -0.15) is 5.10 Å². The minimum Gasteiger partial charge on any atom is -0.315 e. The quantitative estimate of drug-likeness (QED) is 0.894. The van der Waals surface area contributed by atoms with Crippen LogP contribution in [0.15, 0.2) is 36.8 Å². The third kappa shape index (κ3) is 3.11. The third-order valence-electron chi connectivity index (χ3n) is 3.85. The van der Waals surface area contributed by atoms with Crippen LogP contribution in [0.4, 0.5) is 5.82 Å². The highest BCUT2D eigenvalue weighted by molar-refractivity contribution is 5.94. The van der Waals surface area contributed by atoms with Gasteiger partial charge < -0.3 is 10.6 Å². The van der Waals surface area contributed by atoms with Gasteiger partial charge in [-0.25, -0.2) is 0 Å². The fourth-order valence-corrected chi connectivity index (χ4v) is 2.49. The Morgan fingerprint density at radius 3 is 3.14 bits per heavy atom. The van der Waals surface area contributed by atoms with Crippen LogP contribution >= 0.6 is 0 Å². The van der Waals surface area contributed by atoms with E-state index in [1.165, 1.54) is 0 Å². The van der Waals surface area contributed by atoms with Crippen LogP contribution in [0.1, 0.15) is 30.9 Å². The number of amides is 1. The summed E-state index contributed by atoms with van der Waals surface area (Å²) in [5.41, 5.74) is 0.898. The lowest BCUT2D eigenvalue weighted by Crippen LogP contribution is -2.20. The Bertz CT molecular complexity index is 604. The summed E-state index contributed by atoms with van der Waals surface area (Å²) in [7, 11) is 0. The fourth-order valence-electron chi connectivity index (χ4n) is 2.49. The number of hydrogen-bond donors (Lipinski definition) is 2. The van der Waals surface area contributed by atoms with E-state index in [0.717, 1.165) is 25.1 Å². The van der Waals surface area contributed by atoms with Gasteiger partial charge in [0.25, 0.3) is 0 Å². The second-order valence-electron chi connectivity index (χ2n) is 5.32. The molecule has 1 saturated heterocycles. The van der Waals surface area contributed by atoms with Crippen molar-refractivity contribution in [3.05, 3.63) is 42.4 Å². The zero-order chi connectivity index (χ0) is 14.7. The molecule has 1 aliphatic heterocycles. The van der Waals surface area contributed by atoms with Gasteiger partial charge >= 0.3 is 0 Å². The van der Waals surface area contributed by atoms with E-state index in [-0.39, 0.29) is 11.8 Å². The van der Waals surface area contributed by atoms with Crippen molar-refractivity contribution in [3.63, 3.8) is 0 Å². The molecule has 110 valence electrons. The number of carbonyl (C=O) groups excluding carboxylic acids is 1. The van der Waals surface area contributed by atoms with Crippen molar-refractivity contribution in [2.75, 3.05) is 18.4 Å². The van der Waals surface area contributed by atoms with Crippen LogP contribution in [0.25, 0.3) is 0 Å². The zero-order valence-corrected chi connectivity index (χ0v) is 12.0. The van der Waals surface area contributed by atoms with Gasteiger partial charge in [-0.05, 0) is 31.5 Å². The normalized spacial score (nSPS) is 19.4. The molecular weight excluding hydrogens is 266 g/mol. The monoisotopic (exact) mass is 285 g/mol. The fraction of sp³-hybridized carbons (Fsp3) is 0.400. The van der Waals surface area contributed by atoms with Crippen molar-refractivity contribution in [2.24, 2.45) is 0 Å².